The van der Waals surface area contributed by atoms with E-state index in [1.165, 1.54) is 19.9 Å². The third-order valence-corrected chi connectivity index (χ3v) is 6.41. The highest BCUT2D eigenvalue weighted by atomic mass is 32.2. The molecule has 8 heteroatoms. The molecule has 3 rings (SSSR count). The Morgan fingerprint density at radius 1 is 1.17 bits per heavy atom. The van der Waals surface area contributed by atoms with Crippen molar-refractivity contribution >= 4 is 21.7 Å². The number of fused-ring (bicyclic) bond motifs is 1. The van der Waals surface area contributed by atoms with Crippen molar-refractivity contribution in [1.82, 2.24) is 5.32 Å². The van der Waals surface area contributed by atoms with Crippen LogP contribution in [0.3, 0.4) is 0 Å². The Balaban J connectivity index is 1.69. The second-order valence-electron chi connectivity index (χ2n) is 6.86. The first-order valence-electron chi connectivity index (χ1n) is 9.32. The maximum atomic E-state index is 12.8. The first-order chi connectivity index (χ1) is 13.8. The molecule has 0 bridgehead atoms. The van der Waals surface area contributed by atoms with Crippen LogP contribution in [0.4, 0.5) is 0 Å². The van der Waals surface area contributed by atoms with Crippen molar-refractivity contribution in [2.45, 2.75) is 48.7 Å². The number of sulfone groups is 1. The Morgan fingerprint density at radius 2 is 1.90 bits per heavy atom. The molecule has 1 aliphatic heterocycles. The van der Waals surface area contributed by atoms with Crippen LogP contribution in [0, 0.1) is 0 Å². The number of esters is 1. The molecule has 0 saturated heterocycles. The van der Waals surface area contributed by atoms with E-state index in [1.54, 1.807) is 42.5 Å². The number of benzene rings is 2. The van der Waals surface area contributed by atoms with Crippen molar-refractivity contribution in [1.29, 1.82) is 0 Å². The van der Waals surface area contributed by atoms with Crippen LogP contribution in [-0.2, 0) is 30.6 Å². The minimum atomic E-state index is -3.64. The normalized spacial score (nSPS) is 16.8. The van der Waals surface area contributed by atoms with Gasteiger partial charge >= 0.3 is 5.97 Å². The highest BCUT2D eigenvalue weighted by molar-refractivity contribution is 7.91. The van der Waals surface area contributed by atoms with E-state index >= 15 is 0 Å². The Morgan fingerprint density at radius 3 is 2.59 bits per heavy atom. The van der Waals surface area contributed by atoms with Crippen molar-refractivity contribution < 1.29 is 27.5 Å². The van der Waals surface area contributed by atoms with Crippen molar-refractivity contribution in [2.75, 3.05) is 6.54 Å². The number of carbonyl (C=O) groups is 2. The molecule has 0 fully saturated rings. The smallest absolute Gasteiger partial charge is 0.303 e. The molecule has 1 N–H and O–H groups in total. The molecule has 0 aromatic heterocycles. The number of rotatable bonds is 6. The summed E-state index contributed by atoms with van der Waals surface area (Å²) >= 11 is 0. The summed E-state index contributed by atoms with van der Waals surface area (Å²) in [6.07, 6.45) is 0.206. The number of amides is 1. The van der Waals surface area contributed by atoms with Gasteiger partial charge in [-0.05, 0) is 49.6 Å². The molecule has 1 unspecified atom stereocenters. The quantitative estimate of drug-likeness (QED) is 0.724. The zero-order chi connectivity index (χ0) is 21.0. The van der Waals surface area contributed by atoms with Gasteiger partial charge in [-0.3, -0.25) is 9.59 Å². The number of nitrogens with one attached hydrogen (secondary N) is 1. The molecular weight excluding hydrogens is 394 g/mol. The average Bonchev–Trinajstić information content (AvgIpc) is 2.71. The van der Waals surface area contributed by atoms with Gasteiger partial charge in [-0.25, -0.2) is 8.42 Å². The minimum Gasteiger partial charge on any atom is -0.488 e. The van der Waals surface area contributed by atoms with E-state index in [0.717, 1.165) is 5.56 Å². The van der Waals surface area contributed by atoms with Crippen LogP contribution in [0.2, 0.25) is 0 Å². The van der Waals surface area contributed by atoms with Crippen molar-refractivity contribution in [3.63, 3.8) is 0 Å². The van der Waals surface area contributed by atoms with E-state index in [9.17, 15) is 18.0 Å². The van der Waals surface area contributed by atoms with Crippen LogP contribution in [0.1, 0.15) is 25.8 Å². The van der Waals surface area contributed by atoms with Crippen molar-refractivity contribution in [2.24, 2.45) is 0 Å². The topological polar surface area (TPSA) is 98.8 Å². The van der Waals surface area contributed by atoms with Gasteiger partial charge in [-0.2, -0.15) is 0 Å². The van der Waals surface area contributed by atoms with Gasteiger partial charge in [0.25, 0.3) is 5.91 Å². The third-order valence-electron chi connectivity index (χ3n) is 4.65. The number of carbonyl (C=O) groups excluding carboxylic acids is 2. The van der Waals surface area contributed by atoms with Crippen LogP contribution < -0.4 is 10.1 Å². The number of hydrogen-bond donors (Lipinski definition) is 1. The number of hydrogen-bond acceptors (Lipinski definition) is 6. The summed E-state index contributed by atoms with van der Waals surface area (Å²) in [6, 6.07) is 13.1. The molecule has 154 valence electrons. The number of aryl methyl sites for hydroxylation is 1. The lowest BCUT2D eigenvalue weighted by atomic mass is 10.0. The van der Waals surface area contributed by atoms with Gasteiger partial charge in [-0.15, -0.1) is 0 Å². The standard InChI is InChI=1S/C21H23NO6S/c1-14(27-15(2)23)21(24)22-13-17-10-8-16-9-11-19(12-20(16)28-17)29(25,26)18-6-4-3-5-7-18/h3-7,9,11-12,14,17H,8,10,13H2,1-2H3,(H,22,24)/t14-,17?/m1/s1. The van der Waals surface area contributed by atoms with E-state index in [2.05, 4.69) is 5.32 Å². The summed E-state index contributed by atoms with van der Waals surface area (Å²) in [5.41, 5.74) is 0.924. The number of ether oxygens (including phenoxy) is 2. The fourth-order valence-electron chi connectivity index (χ4n) is 3.11. The lowest BCUT2D eigenvalue weighted by Gasteiger charge is -2.27. The molecular formula is C21H23NO6S. The molecule has 0 spiro atoms. The first kappa shape index (κ1) is 20.9. The molecule has 1 aliphatic rings. The van der Waals surface area contributed by atoms with E-state index in [-0.39, 0.29) is 22.4 Å². The minimum absolute atomic E-state index is 0.163. The van der Waals surface area contributed by atoms with Gasteiger partial charge in [0, 0.05) is 6.92 Å². The fourth-order valence-corrected chi connectivity index (χ4v) is 4.41. The second-order valence-corrected chi connectivity index (χ2v) is 8.81. The summed E-state index contributed by atoms with van der Waals surface area (Å²) in [7, 11) is -3.64. The molecule has 0 aliphatic carbocycles. The first-order valence-corrected chi connectivity index (χ1v) is 10.8. The predicted molar refractivity (Wildman–Crippen MR) is 105 cm³/mol. The molecule has 0 saturated carbocycles. The summed E-state index contributed by atoms with van der Waals surface area (Å²) in [4.78, 5) is 23.3. The van der Waals surface area contributed by atoms with E-state index in [1.807, 2.05) is 0 Å². The van der Waals surface area contributed by atoms with Crippen LogP contribution >= 0.6 is 0 Å². The Bertz CT molecular complexity index is 1000. The summed E-state index contributed by atoms with van der Waals surface area (Å²) in [5, 5.41) is 2.70. The van der Waals surface area contributed by atoms with E-state index in [4.69, 9.17) is 9.47 Å². The van der Waals surface area contributed by atoms with Gasteiger partial charge in [-0.1, -0.05) is 24.3 Å². The molecule has 2 atom stereocenters. The van der Waals surface area contributed by atoms with Crippen LogP contribution in [-0.4, -0.2) is 39.0 Å². The molecule has 0 radical (unpaired) electrons. The SMILES string of the molecule is CC(=O)O[C@H](C)C(=O)NCC1CCc2ccc(S(=O)(=O)c3ccccc3)cc2O1. The zero-order valence-corrected chi connectivity index (χ0v) is 17.1. The van der Waals surface area contributed by atoms with Crippen LogP contribution in [0.5, 0.6) is 5.75 Å². The monoisotopic (exact) mass is 417 g/mol. The van der Waals surface area contributed by atoms with E-state index < -0.39 is 27.8 Å². The summed E-state index contributed by atoms with van der Waals surface area (Å²) in [6.45, 7) is 2.97. The maximum Gasteiger partial charge on any atom is 0.303 e. The molecule has 1 amide bonds. The van der Waals surface area contributed by atoms with Gasteiger partial charge in [0.2, 0.25) is 9.84 Å². The maximum absolute atomic E-state index is 12.8. The van der Waals surface area contributed by atoms with Crippen LogP contribution in [0.15, 0.2) is 58.3 Å². The van der Waals surface area contributed by atoms with Gasteiger partial charge in [0.15, 0.2) is 6.10 Å². The summed E-state index contributed by atoms with van der Waals surface area (Å²) in [5.74, 6) is -0.432. The van der Waals surface area contributed by atoms with Crippen LogP contribution in [0.25, 0.3) is 0 Å². The Kier molecular flexibility index (Phi) is 6.22. The molecule has 1 heterocycles. The van der Waals surface area contributed by atoms with Gasteiger partial charge in [0.1, 0.15) is 11.9 Å². The molecule has 7 nitrogen and oxygen atoms in total. The van der Waals surface area contributed by atoms with Crippen molar-refractivity contribution in [3.05, 3.63) is 54.1 Å². The fraction of sp³-hybridized carbons (Fsp3) is 0.333. The Hall–Kier alpha value is -2.87. The lowest BCUT2D eigenvalue weighted by molar-refractivity contribution is -0.152. The molecule has 2 aromatic rings. The van der Waals surface area contributed by atoms with Crippen molar-refractivity contribution in [3.8, 4) is 5.75 Å². The molecule has 2 aromatic carbocycles. The predicted octanol–water partition coefficient (Wildman–Crippen LogP) is 2.28. The zero-order valence-electron chi connectivity index (χ0n) is 16.3. The second kappa shape index (κ2) is 8.65. The lowest BCUT2D eigenvalue weighted by Crippen LogP contribution is -2.42. The van der Waals surface area contributed by atoms with Gasteiger partial charge < -0.3 is 14.8 Å². The largest absolute Gasteiger partial charge is 0.488 e. The Labute approximate surface area is 169 Å². The molecule has 29 heavy (non-hydrogen) atoms. The van der Waals surface area contributed by atoms with Gasteiger partial charge in [0.05, 0.1) is 16.3 Å². The van der Waals surface area contributed by atoms with E-state index in [0.29, 0.717) is 18.6 Å². The summed E-state index contributed by atoms with van der Waals surface area (Å²) < 4.78 is 36.4. The highest BCUT2D eigenvalue weighted by Crippen LogP contribution is 2.32. The highest BCUT2D eigenvalue weighted by Gasteiger charge is 2.25. The average molecular weight is 417 g/mol. The third kappa shape index (κ3) is 4.95.